The fraction of sp³-hybridized carbons (Fsp3) is 0.417. The van der Waals surface area contributed by atoms with E-state index in [9.17, 15) is 14.0 Å². The van der Waals surface area contributed by atoms with Crippen LogP contribution >= 0.6 is 0 Å². The first-order valence-corrected chi connectivity index (χ1v) is 10.7. The van der Waals surface area contributed by atoms with Crippen molar-refractivity contribution in [2.24, 2.45) is 5.92 Å². The standard InChI is InChI=1S/C24H26FN3O3/c1-31-21-8-7-19(25)12-17(21)14-26-13-16-11-18(15-26)23(24(30)27-9-2-3-10-27)28-20(16)5-4-6-22(28)29/h2-8,12,16,18,23H,9-11,13-15H2,1H3/t16-,18+,23+/m0/s1. The topological polar surface area (TPSA) is 54.8 Å². The molecule has 3 atom stereocenters. The van der Waals surface area contributed by atoms with Crippen LogP contribution in [-0.4, -0.2) is 53.6 Å². The number of aromatic nitrogens is 1. The first-order valence-electron chi connectivity index (χ1n) is 10.7. The van der Waals surface area contributed by atoms with Crippen molar-refractivity contribution in [3.63, 3.8) is 0 Å². The van der Waals surface area contributed by atoms with E-state index in [1.54, 1.807) is 29.9 Å². The molecule has 4 heterocycles. The Labute approximate surface area is 180 Å². The zero-order valence-electron chi connectivity index (χ0n) is 17.5. The third-order valence-corrected chi connectivity index (χ3v) is 6.74. The van der Waals surface area contributed by atoms with Crippen LogP contribution in [0.5, 0.6) is 5.75 Å². The summed E-state index contributed by atoms with van der Waals surface area (Å²) in [5.41, 5.74) is 1.60. The summed E-state index contributed by atoms with van der Waals surface area (Å²) in [5.74, 6) is 0.559. The molecule has 0 unspecified atom stereocenters. The van der Waals surface area contributed by atoms with Gasteiger partial charge in [-0.15, -0.1) is 0 Å². The van der Waals surface area contributed by atoms with Gasteiger partial charge in [-0.05, 0) is 30.7 Å². The van der Waals surface area contributed by atoms with Gasteiger partial charge < -0.3 is 9.64 Å². The maximum Gasteiger partial charge on any atom is 0.251 e. The van der Waals surface area contributed by atoms with E-state index in [1.165, 1.54) is 12.1 Å². The molecule has 1 saturated heterocycles. The van der Waals surface area contributed by atoms with Crippen LogP contribution in [0.25, 0.3) is 0 Å². The molecule has 3 aliphatic rings. The lowest BCUT2D eigenvalue weighted by Gasteiger charge is -2.47. The summed E-state index contributed by atoms with van der Waals surface area (Å²) < 4.78 is 21.0. The summed E-state index contributed by atoms with van der Waals surface area (Å²) in [6.07, 6.45) is 4.85. The molecular formula is C24H26FN3O3. The minimum Gasteiger partial charge on any atom is -0.496 e. The molecule has 1 aromatic carbocycles. The molecule has 1 aromatic heterocycles. The SMILES string of the molecule is COc1ccc(F)cc1CN1C[C@@H]2C[C@H](C1)[C@H](C(=O)N1CC=CC1)n1c2cccc1=O. The van der Waals surface area contributed by atoms with Crippen molar-refractivity contribution in [1.82, 2.24) is 14.4 Å². The maximum absolute atomic E-state index is 13.9. The van der Waals surface area contributed by atoms with Gasteiger partial charge in [-0.25, -0.2) is 4.39 Å². The summed E-state index contributed by atoms with van der Waals surface area (Å²) in [6, 6.07) is 9.35. The van der Waals surface area contributed by atoms with Gasteiger partial charge >= 0.3 is 0 Å². The van der Waals surface area contributed by atoms with Gasteiger partial charge in [-0.3, -0.25) is 19.1 Å². The maximum atomic E-state index is 13.9. The first kappa shape index (κ1) is 20.0. The molecule has 31 heavy (non-hydrogen) atoms. The third-order valence-electron chi connectivity index (χ3n) is 6.74. The molecule has 7 heteroatoms. The van der Waals surface area contributed by atoms with Gasteiger partial charge in [-0.1, -0.05) is 18.2 Å². The summed E-state index contributed by atoms with van der Waals surface area (Å²) in [4.78, 5) is 30.4. The van der Waals surface area contributed by atoms with Gasteiger partial charge in [0, 0.05) is 61.9 Å². The number of pyridine rings is 1. The molecule has 0 spiro atoms. The summed E-state index contributed by atoms with van der Waals surface area (Å²) in [6.45, 7) is 3.15. The number of hydrogen-bond donors (Lipinski definition) is 0. The molecule has 2 aromatic rings. The lowest BCUT2D eigenvalue weighted by molar-refractivity contribution is -0.137. The molecule has 1 fully saturated rings. The zero-order valence-corrected chi connectivity index (χ0v) is 17.5. The molecular weight excluding hydrogens is 397 g/mol. The second-order valence-corrected chi connectivity index (χ2v) is 8.66. The first-order chi connectivity index (χ1) is 15.0. The summed E-state index contributed by atoms with van der Waals surface area (Å²) >= 11 is 0. The van der Waals surface area contributed by atoms with Crippen LogP contribution in [0.2, 0.25) is 0 Å². The average Bonchev–Trinajstić information content (AvgIpc) is 3.29. The number of methoxy groups -OCH3 is 1. The molecule has 1 amide bonds. The van der Waals surface area contributed by atoms with Crippen LogP contribution in [0.15, 0.2) is 53.3 Å². The number of benzene rings is 1. The quantitative estimate of drug-likeness (QED) is 0.710. The van der Waals surface area contributed by atoms with Gasteiger partial charge in [0.2, 0.25) is 5.91 Å². The Balaban J connectivity index is 1.48. The molecule has 0 saturated carbocycles. The van der Waals surface area contributed by atoms with Crippen molar-refractivity contribution in [1.29, 1.82) is 0 Å². The Bertz CT molecular complexity index is 1090. The monoisotopic (exact) mass is 423 g/mol. The van der Waals surface area contributed by atoms with Gasteiger partial charge in [0.05, 0.1) is 7.11 Å². The number of ether oxygens (including phenoxy) is 1. The van der Waals surface area contributed by atoms with E-state index < -0.39 is 6.04 Å². The second kappa shape index (κ2) is 7.96. The Morgan fingerprint density at radius 3 is 2.74 bits per heavy atom. The van der Waals surface area contributed by atoms with E-state index in [4.69, 9.17) is 4.74 Å². The van der Waals surface area contributed by atoms with E-state index in [0.717, 1.165) is 24.2 Å². The highest BCUT2D eigenvalue weighted by molar-refractivity contribution is 5.82. The van der Waals surface area contributed by atoms with Crippen molar-refractivity contribution in [2.75, 3.05) is 33.3 Å². The zero-order chi connectivity index (χ0) is 21.5. The second-order valence-electron chi connectivity index (χ2n) is 8.66. The smallest absolute Gasteiger partial charge is 0.251 e. The number of rotatable bonds is 4. The fourth-order valence-electron chi connectivity index (χ4n) is 5.43. The van der Waals surface area contributed by atoms with Crippen molar-refractivity contribution in [3.8, 4) is 5.75 Å². The van der Waals surface area contributed by atoms with E-state index in [1.807, 2.05) is 23.1 Å². The van der Waals surface area contributed by atoms with Crippen LogP contribution in [0.3, 0.4) is 0 Å². The number of halogens is 1. The van der Waals surface area contributed by atoms with Gasteiger partial charge in [0.1, 0.15) is 17.6 Å². The Morgan fingerprint density at radius 1 is 1.16 bits per heavy atom. The highest BCUT2D eigenvalue weighted by atomic mass is 19.1. The number of likely N-dealkylation sites (tertiary alicyclic amines) is 1. The van der Waals surface area contributed by atoms with Crippen LogP contribution in [0.4, 0.5) is 4.39 Å². The van der Waals surface area contributed by atoms with Gasteiger partial charge in [-0.2, -0.15) is 0 Å². The molecule has 2 bridgehead atoms. The predicted octanol–water partition coefficient (Wildman–Crippen LogP) is 2.55. The lowest BCUT2D eigenvalue weighted by atomic mass is 9.78. The van der Waals surface area contributed by atoms with E-state index >= 15 is 0 Å². The van der Waals surface area contributed by atoms with Crippen molar-refractivity contribution in [2.45, 2.75) is 24.9 Å². The minimum absolute atomic E-state index is 0.00758. The highest BCUT2D eigenvalue weighted by Gasteiger charge is 2.45. The fourth-order valence-corrected chi connectivity index (χ4v) is 5.43. The molecule has 162 valence electrons. The van der Waals surface area contributed by atoms with Crippen LogP contribution < -0.4 is 10.3 Å². The van der Waals surface area contributed by atoms with Gasteiger partial charge in [0.25, 0.3) is 5.56 Å². The largest absolute Gasteiger partial charge is 0.496 e. The predicted molar refractivity (Wildman–Crippen MR) is 115 cm³/mol. The molecule has 5 rings (SSSR count). The van der Waals surface area contributed by atoms with Gasteiger partial charge in [0.15, 0.2) is 0 Å². The highest BCUT2D eigenvalue weighted by Crippen LogP contribution is 2.42. The average molecular weight is 423 g/mol. The number of nitrogens with zero attached hydrogens (tertiary/aromatic N) is 3. The number of carbonyl (C=O) groups is 1. The minimum atomic E-state index is -0.503. The van der Waals surface area contributed by atoms with Crippen LogP contribution in [0, 0.1) is 11.7 Å². The molecule has 0 radical (unpaired) electrons. The number of hydrogen-bond acceptors (Lipinski definition) is 4. The third kappa shape index (κ3) is 3.57. The molecule has 3 aliphatic heterocycles. The van der Waals surface area contributed by atoms with E-state index in [-0.39, 0.29) is 29.1 Å². The molecule has 0 N–H and O–H groups in total. The Hall–Kier alpha value is -2.93. The molecule has 0 aliphatic carbocycles. The van der Waals surface area contributed by atoms with E-state index in [2.05, 4.69) is 4.90 Å². The number of amides is 1. The summed E-state index contributed by atoms with van der Waals surface area (Å²) in [5, 5.41) is 0. The lowest BCUT2D eigenvalue weighted by Crippen LogP contribution is -2.53. The normalized spacial score (nSPS) is 24.8. The van der Waals surface area contributed by atoms with Crippen LogP contribution in [-0.2, 0) is 11.3 Å². The Morgan fingerprint density at radius 2 is 1.97 bits per heavy atom. The Kier molecular flexibility index (Phi) is 5.14. The number of carbonyl (C=O) groups excluding carboxylic acids is 1. The number of fused-ring (bicyclic) bond motifs is 4. The van der Waals surface area contributed by atoms with E-state index in [0.29, 0.717) is 31.9 Å². The molecule has 6 nitrogen and oxygen atoms in total. The summed E-state index contributed by atoms with van der Waals surface area (Å²) in [7, 11) is 1.59. The van der Waals surface area contributed by atoms with Crippen molar-refractivity contribution >= 4 is 5.91 Å². The van der Waals surface area contributed by atoms with Crippen molar-refractivity contribution < 1.29 is 13.9 Å². The van der Waals surface area contributed by atoms with Crippen molar-refractivity contribution in [3.05, 3.63) is 76.0 Å². The number of piperidine rings is 1. The van der Waals surface area contributed by atoms with Crippen LogP contribution in [0.1, 0.15) is 29.6 Å².